The second-order valence-electron chi connectivity index (χ2n) is 3.97. The lowest BCUT2D eigenvalue weighted by Gasteiger charge is -2.09. The smallest absolute Gasteiger partial charge is 0.387 e. The Morgan fingerprint density at radius 1 is 1.10 bits per heavy atom. The average molecular weight is 302 g/mol. The summed E-state index contributed by atoms with van der Waals surface area (Å²) in [5, 5.41) is 3.08. The van der Waals surface area contributed by atoms with Crippen LogP contribution >= 0.6 is 11.6 Å². The maximum absolute atomic E-state index is 13.2. The summed E-state index contributed by atoms with van der Waals surface area (Å²) in [4.78, 5) is 0. The molecule has 6 heteroatoms. The Balaban J connectivity index is 1.99. The monoisotopic (exact) mass is 301 g/mol. The van der Waals surface area contributed by atoms with Crippen LogP contribution in [-0.2, 0) is 6.54 Å². The van der Waals surface area contributed by atoms with Gasteiger partial charge in [-0.3, -0.25) is 0 Å². The lowest BCUT2D eigenvalue weighted by molar-refractivity contribution is -0.0498. The van der Waals surface area contributed by atoms with E-state index in [0.717, 1.165) is 0 Å². The molecule has 106 valence electrons. The van der Waals surface area contributed by atoms with Gasteiger partial charge in [-0.15, -0.1) is 0 Å². The molecule has 2 aromatic carbocycles. The number of alkyl halides is 2. The van der Waals surface area contributed by atoms with Gasteiger partial charge < -0.3 is 10.1 Å². The first-order chi connectivity index (χ1) is 9.56. The van der Waals surface area contributed by atoms with Crippen LogP contribution in [0.15, 0.2) is 42.5 Å². The van der Waals surface area contributed by atoms with Gasteiger partial charge in [0.25, 0.3) is 0 Å². The van der Waals surface area contributed by atoms with Crippen molar-refractivity contribution in [3.05, 3.63) is 58.9 Å². The van der Waals surface area contributed by atoms with Crippen molar-refractivity contribution in [2.45, 2.75) is 13.2 Å². The molecule has 0 heterocycles. The third-order valence-corrected chi connectivity index (χ3v) is 3.02. The Bertz CT molecular complexity index is 575. The fraction of sp³-hybridized carbons (Fsp3) is 0.143. The van der Waals surface area contributed by atoms with Crippen LogP contribution in [0.25, 0.3) is 0 Å². The predicted molar refractivity (Wildman–Crippen MR) is 71.8 cm³/mol. The Hall–Kier alpha value is -1.88. The van der Waals surface area contributed by atoms with Crippen molar-refractivity contribution in [1.29, 1.82) is 0 Å². The van der Waals surface area contributed by atoms with Crippen molar-refractivity contribution in [3.8, 4) is 5.75 Å². The molecule has 0 aliphatic heterocycles. The van der Waals surface area contributed by atoms with E-state index in [9.17, 15) is 13.2 Å². The molecule has 0 atom stereocenters. The summed E-state index contributed by atoms with van der Waals surface area (Å²) in [6, 6.07) is 10.6. The van der Waals surface area contributed by atoms with Crippen molar-refractivity contribution in [2.75, 3.05) is 5.32 Å². The maximum Gasteiger partial charge on any atom is 0.387 e. The van der Waals surface area contributed by atoms with Gasteiger partial charge in [-0.2, -0.15) is 8.78 Å². The highest BCUT2D eigenvalue weighted by atomic mass is 35.5. The van der Waals surface area contributed by atoms with E-state index in [1.165, 1.54) is 18.2 Å². The molecular weight excluding hydrogens is 291 g/mol. The lowest BCUT2D eigenvalue weighted by atomic mass is 10.2. The Labute approximate surface area is 119 Å². The van der Waals surface area contributed by atoms with Gasteiger partial charge in [-0.05, 0) is 35.9 Å². The van der Waals surface area contributed by atoms with E-state index in [2.05, 4.69) is 10.1 Å². The molecule has 0 radical (unpaired) electrons. The summed E-state index contributed by atoms with van der Waals surface area (Å²) in [5.74, 6) is -0.402. The van der Waals surface area contributed by atoms with Gasteiger partial charge in [0.15, 0.2) is 0 Å². The summed E-state index contributed by atoms with van der Waals surface area (Å²) in [5.41, 5.74) is 1.30. The Kier molecular flexibility index (Phi) is 4.74. The molecule has 0 aromatic heterocycles. The lowest BCUT2D eigenvalue weighted by Crippen LogP contribution is -2.03. The molecule has 2 aromatic rings. The maximum atomic E-state index is 13.2. The zero-order chi connectivity index (χ0) is 14.5. The average Bonchev–Trinajstić information content (AvgIpc) is 2.41. The van der Waals surface area contributed by atoms with Gasteiger partial charge in [-0.25, -0.2) is 4.39 Å². The molecule has 0 aliphatic rings. The summed E-state index contributed by atoms with van der Waals surface area (Å²) in [6.07, 6.45) is 0. The number of anilines is 1. The fourth-order valence-electron chi connectivity index (χ4n) is 1.64. The van der Waals surface area contributed by atoms with Gasteiger partial charge in [0.2, 0.25) is 0 Å². The van der Waals surface area contributed by atoms with Crippen LogP contribution in [0.5, 0.6) is 5.75 Å². The molecule has 2 nitrogen and oxygen atoms in total. The van der Waals surface area contributed by atoms with Crippen molar-refractivity contribution < 1.29 is 17.9 Å². The van der Waals surface area contributed by atoms with Crippen molar-refractivity contribution in [1.82, 2.24) is 0 Å². The molecule has 0 amide bonds. The van der Waals surface area contributed by atoms with E-state index in [0.29, 0.717) is 17.8 Å². The van der Waals surface area contributed by atoms with Crippen LogP contribution in [0.4, 0.5) is 18.9 Å². The van der Waals surface area contributed by atoms with Crippen LogP contribution in [0.3, 0.4) is 0 Å². The first-order valence-electron chi connectivity index (χ1n) is 5.78. The molecule has 0 unspecified atom stereocenters. The first-order valence-corrected chi connectivity index (χ1v) is 6.15. The van der Waals surface area contributed by atoms with Crippen molar-refractivity contribution >= 4 is 17.3 Å². The van der Waals surface area contributed by atoms with Gasteiger partial charge in [0.05, 0.1) is 5.02 Å². The number of benzene rings is 2. The second kappa shape index (κ2) is 6.52. The van der Waals surface area contributed by atoms with E-state index < -0.39 is 12.4 Å². The van der Waals surface area contributed by atoms with Gasteiger partial charge in [-0.1, -0.05) is 23.7 Å². The van der Waals surface area contributed by atoms with E-state index in [1.54, 1.807) is 24.3 Å². The highest BCUT2D eigenvalue weighted by molar-refractivity contribution is 6.31. The Morgan fingerprint density at radius 3 is 2.45 bits per heavy atom. The van der Waals surface area contributed by atoms with Crippen LogP contribution in [-0.4, -0.2) is 6.61 Å². The van der Waals surface area contributed by atoms with Crippen LogP contribution < -0.4 is 10.1 Å². The summed E-state index contributed by atoms with van der Waals surface area (Å²) in [7, 11) is 0. The zero-order valence-corrected chi connectivity index (χ0v) is 11.0. The molecule has 2 rings (SSSR count). The largest absolute Gasteiger partial charge is 0.435 e. The summed E-state index contributed by atoms with van der Waals surface area (Å²) in [6.45, 7) is -2.52. The van der Waals surface area contributed by atoms with E-state index in [-0.39, 0.29) is 10.8 Å². The van der Waals surface area contributed by atoms with Crippen molar-refractivity contribution in [3.63, 3.8) is 0 Å². The minimum Gasteiger partial charge on any atom is -0.435 e. The third kappa shape index (κ3) is 3.81. The SMILES string of the molecule is Fc1cccc(CNc2ccc(OC(F)F)cc2)c1Cl. The molecule has 1 N–H and O–H groups in total. The molecule has 0 spiro atoms. The number of halogens is 4. The number of hydrogen-bond acceptors (Lipinski definition) is 2. The standard InChI is InChI=1S/C14H11ClF3NO/c15-13-9(2-1-3-12(13)16)8-19-10-4-6-11(7-5-10)20-14(17)18/h1-7,14,19H,8H2. The van der Waals surface area contributed by atoms with Crippen molar-refractivity contribution in [2.24, 2.45) is 0 Å². The van der Waals surface area contributed by atoms with Gasteiger partial charge in [0.1, 0.15) is 11.6 Å². The van der Waals surface area contributed by atoms with Crippen LogP contribution in [0, 0.1) is 5.82 Å². The minimum atomic E-state index is -2.85. The molecule has 0 saturated carbocycles. The highest BCUT2D eigenvalue weighted by Gasteiger charge is 2.06. The van der Waals surface area contributed by atoms with E-state index in [4.69, 9.17) is 11.6 Å². The summed E-state index contributed by atoms with van der Waals surface area (Å²) >= 11 is 5.82. The minimum absolute atomic E-state index is 0.0673. The molecule has 0 bridgehead atoms. The topological polar surface area (TPSA) is 21.3 Å². The quantitative estimate of drug-likeness (QED) is 0.865. The molecule has 0 fully saturated rings. The number of ether oxygens (including phenoxy) is 1. The van der Waals surface area contributed by atoms with Gasteiger partial charge >= 0.3 is 6.61 Å². The zero-order valence-electron chi connectivity index (χ0n) is 10.2. The number of nitrogens with one attached hydrogen (secondary N) is 1. The van der Waals surface area contributed by atoms with Crippen LogP contribution in [0.1, 0.15) is 5.56 Å². The van der Waals surface area contributed by atoms with E-state index >= 15 is 0 Å². The van der Waals surface area contributed by atoms with Gasteiger partial charge in [0, 0.05) is 12.2 Å². The fourth-order valence-corrected chi connectivity index (χ4v) is 1.83. The molecule has 0 saturated heterocycles. The second-order valence-corrected chi connectivity index (χ2v) is 4.35. The predicted octanol–water partition coefficient (Wildman–Crippen LogP) is 4.69. The highest BCUT2D eigenvalue weighted by Crippen LogP contribution is 2.22. The summed E-state index contributed by atoms with van der Waals surface area (Å²) < 4.78 is 41.4. The Morgan fingerprint density at radius 2 is 1.80 bits per heavy atom. The molecular formula is C14H11ClF3NO. The third-order valence-electron chi connectivity index (χ3n) is 2.59. The normalized spacial score (nSPS) is 10.7. The molecule has 0 aliphatic carbocycles. The van der Waals surface area contributed by atoms with E-state index in [1.807, 2.05) is 0 Å². The number of hydrogen-bond donors (Lipinski definition) is 1. The van der Waals surface area contributed by atoms with Crippen LogP contribution in [0.2, 0.25) is 5.02 Å². The number of rotatable bonds is 5. The first kappa shape index (κ1) is 14.5. The molecule has 20 heavy (non-hydrogen) atoms.